The van der Waals surface area contributed by atoms with E-state index >= 15 is 0 Å². The molecular weight excluding hydrogens is 458 g/mol. The van der Waals surface area contributed by atoms with Crippen molar-refractivity contribution < 1.29 is 13.2 Å². The van der Waals surface area contributed by atoms with Gasteiger partial charge >= 0.3 is 0 Å². The van der Waals surface area contributed by atoms with Crippen molar-refractivity contribution in [2.45, 2.75) is 31.6 Å². The van der Waals surface area contributed by atoms with Crippen molar-refractivity contribution in [1.82, 2.24) is 9.78 Å². The van der Waals surface area contributed by atoms with E-state index in [1.165, 1.54) is 12.1 Å². The van der Waals surface area contributed by atoms with Gasteiger partial charge in [0.2, 0.25) is 10.0 Å². The van der Waals surface area contributed by atoms with Crippen molar-refractivity contribution in [2.75, 3.05) is 0 Å². The molecule has 0 atom stereocenters. The molecular formula is C25H24ClN3O3S. The molecule has 0 aliphatic rings. The van der Waals surface area contributed by atoms with Crippen molar-refractivity contribution in [1.29, 1.82) is 0 Å². The molecule has 1 heterocycles. The number of rotatable bonds is 8. The van der Waals surface area contributed by atoms with Crippen molar-refractivity contribution in [3.8, 4) is 22.4 Å². The molecule has 1 aromatic heterocycles. The number of halogens is 1. The summed E-state index contributed by atoms with van der Waals surface area (Å²) in [4.78, 5) is 0.0561. The van der Waals surface area contributed by atoms with Crippen LogP contribution < -0.4 is 5.14 Å². The van der Waals surface area contributed by atoms with Crippen LogP contribution >= 0.6 is 11.6 Å². The van der Waals surface area contributed by atoms with Crippen molar-refractivity contribution >= 4 is 21.6 Å². The molecule has 0 bridgehead atoms. The van der Waals surface area contributed by atoms with E-state index in [1.807, 2.05) is 66.2 Å². The Balaban J connectivity index is 1.76. The molecule has 0 amide bonds. The first kappa shape index (κ1) is 23.2. The fourth-order valence-electron chi connectivity index (χ4n) is 3.67. The quantitative estimate of drug-likeness (QED) is 0.372. The molecule has 0 saturated heterocycles. The number of sulfonamides is 1. The molecule has 4 aromatic rings. The monoisotopic (exact) mass is 481 g/mol. The summed E-state index contributed by atoms with van der Waals surface area (Å²) in [7, 11) is -3.78. The summed E-state index contributed by atoms with van der Waals surface area (Å²) in [6, 6.07) is 24.0. The van der Waals surface area contributed by atoms with E-state index < -0.39 is 10.0 Å². The summed E-state index contributed by atoms with van der Waals surface area (Å²) in [5, 5.41) is 10.7. The summed E-state index contributed by atoms with van der Waals surface area (Å²) in [6.07, 6.45) is 0. The standard InChI is InChI=1S/C25H24ClN3O3S/c1-2-29-23(17-32-16-18-6-4-3-5-7-18)24(19-8-12-21(26)13-9-19)25(28-29)20-10-14-22(15-11-20)33(27,30)31/h3-15H,2,16-17H2,1H3,(H2,27,30,31). The number of aryl methyl sites for hydroxylation is 1. The normalized spacial score (nSPS) is 11.6. The molecule has 8 heteroatoms. The van der Waals surface area contributed by atoms with Crippen LogP contribution in [0.2, 0.25) is 5.02 Å². The van der Waals surface area contributed by atoms with Gasteiger partial charge < -0.3 is 4.74 Å². The zero-order valence-corrected chi connectivity index (χ0v) is 19.7. The second-order valence-corrected chi connectivity index (χ2v) is 9.54. The van der Waals surface area contributed by atoms with Crippen LogP contribution in [0.3, 0.4) is 0 Å². The average Bonchev–Trinajstić information content (AvgIpc) is 3.18. The number of aromatic nitrogens is 2. The topological polar surface area (TPSA) is 87.2 Å². The highest BCUT2D eigenvalue weighted by molar-refractivity contribution is 7.89. The van der Waals surface area contributed by atoms with Crippen LogP contribution in [0, 0.1) is 0 Å². The Labute approximate surface area is 198 Å². The number of benzene rings is 3. The van der Waals surface area contributed by atoms with E-state index in [9.17, 15) is 8.42 Å². The van der Waals surface area contributed by atoms with Gasteiger partial charge in [-0.3, -0.25) is 4.68 Å². The first-order valence-electron chi connectivity index (χ1n) is 10.5. The Bertz CT molecular complexity index is 1330. The lowest BCUT2D eigenvalue weighted by molar-refractivity contribution is 0.102. The van der Waals surface area contributed by atoms with Crippen LogP contribution in [0.4, 0.5) is 0 Å². The molecule has 6 nitrogen and oxygen atoms in total. The van der Waals surface area contributed by atoms with E-state index in [4.69, 9.17) is 26.6 Å². The van der Waals surface area contributed by atoms with Crippen LogP contribution in [0.25, 0.3) is 22.4 Å². The van der Waals surface area contributed by atoms with Crippen LogP contribution in [-0.2, 0) is 34.5 Å². The van der Waals surface area contributed by atoms with Crippen molar-refractivity contribution in [2.24, 2.45) is 5.14 Å². The molecule has 0 aliphatic carbocycles. The highest BCUT2D eigenvalue weighted by atomic mass is 35.5. The maximum Gasteiger partial charge on any atom is 0.238 e. The van der Waals surface area contributed by atoms with E-state index in [0.29, 0.717) is 24.8 Å². The minimum Gasteiger partial charge on any atom is -0.370 e. The smallest absolute Gasteiger partial charge is 0.238 e. The minimum atomic E-state index is -3.78. The molecule has 2 N–H and O–H groups in total. The van der Waals surface area contributed by atoms with Gasteiger partial charge in [0.25, 0.3) is 0 Å². The van der Waals surface area contributed by atoms with Gasteiger partial charge in [0, 0.05) is 22.7 Å². The Morgan fingerprint density at radius 3 is 2.15 bits per heavy atom. The molecule has 0 spiro atoms. The molecule has 3 aromatic carbocycles. The third kappa shape index (κ3) is 5.34. The number of ether oxygens (including phenoxy) is 1. The third-order valence-electron chi connectivity index (χ3n) is 5.30. The summed E-state index contributed by atoms with van der Waals surface area (Å²) in [5.74, 6) is 0. The highest BCUT2D eigenvalue weighted by Crippen LogP contribution is 2.36. The largest absolute Gasteiger partial charge is 0.370 e. The lowest BCUT2D eigenvalue weighted by Crippen LogP contribution is -2.11. The molecule has 0 saturated carbocycles. The number of hydrogen-bond donors (Lipinski definition) is 1. The number of nitrogens with zero attached hydrogens (tertiary/aromatic N) is 2. The van der Waals surface area contributed by atoms with Gasteiger partial charge in [0.15, 0.2) is 0 Å². The fraction of sp³-hybridized carbons (Fsp3) is 0.160. The maximum atomic E-state index is 11.7. The van der Waals surface area contributed by atoms with Crippen molar-refractivity contribution in [3.05, 3.63) is 95.1 Å². The summed E-state index contributed by atoms with van der Waals surface area (Å²) in [6.45, 7) is 3.52. The van der Waals surface area contributed by atoms with Gasteiger partial charge in [-0.1, -0.05) is 66.2 Å². The first-order chi connectivity index (χ1) is 15.9. The fourth-order valence-corrected chi connectivity index (χ4v) is 4.31. The van der Waals surface area contributed by atoms with E-state index in [-0.39, 0.29) is 4.90 Å². The molecule has 170 valence electrons. The molecule has 0 unspecified atom stereocenters. The Morgan fingerprint density at radius 1 is 0.909 bits per heavy atom. The predicted octanol–water partition coefficient (Wildman–Crippen LogP) is 5.25. The third-order valence-corrected chi connectivity index (χ3v) is 6.48. The number of primary sulfonamides is 1. The van der Waals surface area contributed by atoms with Gasteiger partial charge in [0.1, 0.15) is 5.69 Å². The maximum absolute atomic E-state index is 11.7. The predicted molar refractivity (Wildman–Crippen MR) is 130 cm³/mol. The summed E-state index contributed by atoms with van der Waals surface area (Å²) in [5.41, 5.74) is 5.41. The lowest BCUT2D eigenvalue weighted by Gasteiger charge is -2.11. The van der Waals surface area contributed by atoms with Gasteiger partial charge in [-0.05, 0) is 42.3 Å². The summed E-state index contributed by atoms with van der Waals surface area (Å²) >= 11 is 6.13. The van der Waals surface area contributed by atoms with Crippen LogP contribution in [0.5, 0.6) is 0 Å². The minimum absolute atomic E-state index is 0.0561. The highest BCUT2D eigenvalue weighted by Gasteiger charge is 2.21. The number of hydrogen-bond acceptors (Lipinski definition) is 4. The van der Waals surface area contributed by atoms with Crippen molar-refractivity contribution in [3.63, 3.8) is 0 Å². The molecule has 4 rings (SSSR count). The van der Waals surface area contributed by atoms with Gasteiger partial charge in [0.05, 0.1) is 23.8 Å². The second-order valence-electron chi connectivity index (χ2n) is 7.54. The van der Waals surface area contributed by atoms with Gasteiger partial charge in [-0.25, -0.2) is 13.6 Å². The zero-order valence-electron chi connectivity index (χ0n) is 18.1. The Hall–Kier alpha value is -2.97. The SMILES string of the molecule is CCn1nc(-c2ccc(S(N)(=O)=O)cc2)c(-c2ccc(Cl)cc2)c1COCc1ccccc1. The molecule has 33 heavy (non-hydrogen) atoms. The van der Waals surface area contributed by atoms with E-state index in [1.54, 1.807) is 12.1 Å². The lowest BCUT2D eigenvalue weighted by atomic mass is 9.99. The summed E-state index contributed by atoms with van der Waals surface area (Å²) < 4.78 is 31.3. The average molecular weight is 482 g/mol. The molecule has 0 radical (unpaired) electrons. The number of nitrogens with two attached hydrogens (primary N) is 1. The second kappa shape index (κ2) is 9.89. The van der Waals surface area contributed by atoms with Crippen LogP contribution in [0.1, 0.15) is 18.2 Å². The first-order valence-corrected chi connectivity index (χ1v) is 12.4. The van der Waals surface area contributed by atoms with Gasteiger partial charge in [-0.15, -0.1) is 0 Å². The van der Waals surface area contributed by atoms with Crippen LogP contribution in [-0.4, -0.2) is 18.2 Å². The Morgan fingerprint density at radius 2 is 1.55 bits per heavy atom. The van der Waals surface area contributed by atoms with E-state index in [2.05, 4.69) is 0 Å². The van der Waals surface area contributed by atoms with Crippen LogP contribution in [0.15, 0.2) is 83.8 Å². The molecule has 0 fully saturated rings. The van der Waals surface area contributed by atoms with Gasteiger partial charge in [-0.2, -0.15) is 5.10 Å². The molecule has 0 aliphatic heterocycles. The Kier molecular flexibility index (Phi) is 6.95. The zero-order chi connectivity index (χ0) is 23.4. The van der Waals surface area contributed by atoms with E-state index in [0.717, 1.165) is 33.6 Å².